The molecule has 0 spiro atoms. The van der Waals surface area contributed by atoms with Gasteiger partial charge in [0.15, 0.2) is 0 Å². The smallest absolute Gasteiger partial charge is 0.0991 e. The van der Waals surface area contributed by atoms with Crippen LogP contribution in [-0.4, -0.2) is 10.2 Å². The summed E-state index contributed by atoms with van der Waals surface area (Å²) in [6.07, 6.45) is 16.7. The molecule has 0 aromatic rings. The van der Waals surface area contributed by atoms with E-state index in [0.29, 0.717) is 24.4 Å². The van der Waals surface area contributed by atoms with Crippen molar-refractivity contribution in [2.75, 3.05) is 0 Å². The first kappa shape index (κ1) is 17.6. The van der Waals surface area contributed by atoms with E-state index in [-0.39, 0.29) is 17.1 Å². The van der Waals surface area contributed by atoms with Crippen molar-refractivity contribution in [3.63, 3.8) is 0 Å². The molecule has 0 bridgehead atoms. The molecule has 2 nitrogen and oxygen atoms in total. The number of aliphatic hydroxyl groups excluding tert-OH is 2. The van der Waals surface area contributed by atoms with Crippen LogP contribution in [0.3, 0.4) is 0 Å². The second-order valence-electron chi connectivity index (χ2n) is 3.95. The summed E-state index contributed by atoms with van der Waals surface area (Å²) in [5.41, 5.74) is 1.88. The van der Waals surface area contributed by atoms with E-state index in [1.807, 2.05) is 62.5 Å². The van der Waals surface area contributed by atoms with Gasteiger partial charge in [-0.3, -0.25) is 0 Å². The Morgan fingerprint density at radius 1 is 0.737 bits per heavy atom. The van der Waals surface area contributed by atoms with E-state index < -0.39 is 0 Å². The third-order valence-electron chi connectivity index (χ3n) is 2.66. The third-order valence-corrected chi connectivity index (χ3v) is 2.66. The van der Waals surface area contributed by atoms with Crippen molar-refractivity contribution in [2.45, 2.75) is 26.7 Å². The van der Waals surface area contributed by atoms with Gasteiger partial charge in [0.2, 0.25) is 0 Å². The van der Waals surface area contributed by atoms with Crippen LogP contribution in [0.25, 0.3) is 0 Å². The molecule has 0 aromatic carbocycles. The summed E-state index contributed by atoms with van der Waals surface area (Å²) >= 11 is 0. The second-order valence-corrected chi connectivity index (χ2v) is 3.95. The first-order valence-corrected chi connectivity index (χ1v) is 6.22. The fourth-order valence-electron chi connectivity index (χ4n) is 1.54. The number of allylic oxidation sites excluding steroid dienone is 12. The SMILES string of the molecule is CCC(O)=C1C=CC=C1.CCC(O)=C1C=CC=C1.[Fe]. The van der Waals surface area contributed by atoms with Gasteiger partial charge in [-0.1, -0.05) is 62.5 Å². The molecule has 0 amide bonds. The summed E-state index contributed by atoms with van der Waals surface area (Å²) in [7, 11) is 0. The molecule has 0 atom stereocenters. The van der Waals surface area contributed by atoms with Gasteiger partial charge in [-0.05, 0) is 0 Å². The van der Waals surface area contributed by atoms with E-state index in [4.69, 9.17) is 10.2 Å². The van der Waals surface area contributed by atoms with Crippen molar-refractivity contribution >= 4 is 0 Å². The third kappa shape index (κ3) is 5.82. The van der Waals surface area contributed by atoms with Gasteiger partial charge in [0.05, 0.1) is 11.5 Å². The minimum Gasteiger partial charge on any atom is -0.512 e. The number of aliphatic hydroxyl groups is 2. The van der Waals surface area contributed by atoms with E-state index in [1.165, 1.54) is 0 Å². The predicted molar refractivity (Wildman–Crippen MR) is 76.5 cm³/mol. The first-order valence-electron chi connectivity index (χ1n) is 6.22. The summed E-state index contributed by atoms with van der Waals surface area (Å²) in [4.78, 5) is 0. The Balaban J connectivity index is 0.000000324. The Kier molecular flexibility index (Phi) is 8.77. The van der Waals surface area contributed by atoms with Crippen molar-refractivity contribution in [2.24, 2.45) is 0 Å². The van der Waals surface area contributed by atoms with Crippen molar-refractivity contribution in [3.05, 3.63) is 71.3 Å². The zero-order valence-electron chi connectivity index (χ0n) is 11.3. The normalized spacial score (nSPS) is 14.2. The second kappa shape index (κ2) is 9.48. The van der Waals surface area contributed by atoms with Gasteiger partial charge in [0.1, 0.15) is 0 Å². The number of hydrogen-bond acceptors (Lipinski definition) is 2. The molecule has 0 radical (unpaired) electrons. The Labute approximate surface area is 125 Å². The predicted octanol–water partition coefficient (Wildman–Crippen LogP) is 4.67. The van der Waals surface area contributed by atoms with Gasteiger partial charge in [-0.15, -0.1) is 0 Å². The summed E-state index contributed by atoms with van der Waals surface area (Å²) in [6.45, 7) is 3.87. The van der Waals surface area contributed by atoms with Crippen LogP contribution in [0.5, 0.6) is 0 Å². The zero-order chi connectivity index (χ0) is 13.4. The Bertz CT molecular complexity index is 391. The fourth-order valence-corrected chi connectivity index (χ4v) is 1.54. The van der Waals surface area contributed by atoms with E-state index in [1.54, 1.807) is 0 Å². The molecule has 0 aliphatic heterocycles. The van der Waals surface area contributed by atoms with Gasteiger partial charge >= 0.3 is 0 Å². The molecule has 2 N–H and O–H groups in total. The molecule has 19 heavy (non-hydrogen) atoms. The summed E-state index contributed by atoms with van der Waals surface area (Å²) < 4.78 is 0. The molecule has 2 aliphatic rings. The maximum atomic E-state index is 9.13. The largest absolute Gasteiger partial charge is 0.512 e. The van der Waals surface area contributed by atoms with Gasteiger partial charge < -0.3 is 10.2 Å². The van der Waals surface area contributed by atoms with Crippen LogP contribution in [0, 0.1) is 0 Å². The van der Waals surface area contributed by atoms with Crippen molar-refractivity contribution in [1.82, 2.24) is 0 Å². The molecule has 0 heterocycles. The maximum Gasteiger partial charge on any atom is 0.0991 e. The van der Waals surface area contributed by atoms with Crippen LogP contribution >= 0.6 is 0 Å². The van der Waals surface area contributed by atoms with Crippen LogP contribution in [0.2, 0.25) is 0 Å². The van der Waals surface area contributed by atoms with E-state index in [9.17, 15) is 0 Å². The molecule has 0 aromatic heterocycles. The molecular formula is C16H20FeO2. The minimum absolute atomic E-state index is 0. The van der Waals surface area contributed by atoms with Crippen LogP contribution in [0.1, 0.15) is 26.7 Å². The quantitative estimate of drug-likeness (QED) is 0.575. The molecule has 0 saturated heterocycles. The average molecular weight is 300 g/mol. The van der Waals surface area contributed by atoms with Crippen molar-refractivity contribution in [1.29, 1.82) is 0 Å². The Hall–Kier alpha value is -1.44. The van der Waals surface area contributed by atoms with Gasteiger partial charge in [-0.2, -0.15) is 0 Å². The van der Waals surface area contributed by atoms with E-state index >= 15 is 0 Å². The number of hydrogen-bond donors (Lipinski definition) is 2. The molecule has 0 unspecified atom stereocenters. The summed E-state index contributed by atoms with van der Waals surface area (Å²) in [5, 5.41) is 18.3. The van der Waals surface area contributed by atoms with Crippen LogP contribution in [-0.2, 0) is 17.1 Å². The monoisotopic (exact) mass is 300 g/mol. The summed E-state index contributed by atoms with van der Waals surface area (Å²) in [5.74, 6) is 0.944. The molecule has 104 valence electrons. The topological polar surface area (TPSA) is 40.5 Å². The van der Waals surface area contributed by atoms with Crippen LogP contribution in [0.15, 0.2) is 71.3 Å². The summed E-state index contributed by atoms with van der Waals surface area (Å²) in [6, 6.07) is 0. The van der Waals surface area contributed by atoms with Gasteiger partial charge in [0.25, 0.3) is 0 Å². The average Bonchev–Trinajstić information content (AvgIpc) is 3.09. The molecule has 2 aliphatic carbocycles. The van der Waals surface area contributed by atoms with Crippen LogP contribution < -0.4 is 0 Å². The van der Waals surface area contributed by atoms with Gasteiger partial charge in [0, 0.05) is 41.1 Å². The Morgan fingerprint density at radius 2 is 1.00 bits per heavy atom. The van der Waals surface area contributed by atoms with E-state index in [0.717, 1.165) is 11.1 Å². The van der Waals surface area contributed by atoms with Crippen LogP contribution in [0.4, 0.5) is 0 Å². The Morgan fingerprint density at radius 3 is 1.21 bits per heavy atom. The fraction of sp³-hybridized carbons (Fsp3) is 0.250. The molecular weight excluding hydrogens is 280 g/mol. The zero-order valence-corrected chi connectivity index (χ0v) is 12.4. The molecule has 2 rings (SSSR count). The van der Waals surface area contributed by atoms with Crippen molar-refractivity contribution < 1.29 is 27.3 Å². The molecule has 3 heteroatoms. The van der Waals surface area contributed by atoms with Gasteiger partial charge in [-0.25, -0.2) is 0 Å². The van der Waals surface area contributed by atoms with Crippen molar-refractivity contribution in [3.8, 4) is 0 Å². The first-order chi connectivity index (χ1) is 8.69. The molecule has 0 saturated carbocycles. The standard InChI is InChI=1S/2C8H10O.Fe/c2*1-2-8(9)7-5-3-4-6-7;/h2*3-6,9H,2H2,1H3;. The van der Waals surface area contributed by atoms with E-state index in [2.05, 4.69) is 0 Å². The minimum atomic E-state index is 0. The maximum absolute atomic E-state index is 9.13. The molecule has 0 fully saturated rings. The number of rotatable bonds is 2.